The van der Waals surface area contributed by atoms with Crippen molar-refractivity contribution in [1.29, 1.82) is 0 Å². The molecule has 0 bridgehead atoms. The number of hydrogen-bond donors (Lipinski definition) is 5. The van der Waals surface area contributed by atoms with Gasteiger partial charge in [-0.15, -0.1) is 11.3 Å². The molecule has 0 aliphatic carbocycles. The fraction of sp³-hybridized carbons (Fsp3) is 0.167. The van der Waals surface area contributed by atoms with Gasteiger partial charge in [0.25, 0.3) is 5.91 Å². The van der Waals surface area contributed by atoms with Gasteiger partial charge in [0.2, 0.25) is 0 Å². The van der Waals surface area contributed by atoms with E-state index in [0.29, 0.717) is 29.0 Å². The summed E-state index contributed by atoms with van der Waals surface area (Å²) < 4.78 is 0. The van der Waals surface area contributed by atoms with Crippen LogP contribution in [0.25, 0.3) is 11.1 Å². The molecule has 4 rings (SSSR count). The Labute approximate surface area is 198 Å². The molecule has 0 radical (unpaired) electrons. The van der Waals surface area contributed by atoms with E-state index in [-0.39, 0.29) is 29.1 Å². The Morgan fingerprint density at radius 1 is 0.971 bits per heavy atom. The smallest absolute Gasteiger partial charge is 0.394 e. The SMILES string of the molecule is O=C(O)C(=O)Nc1sc2c(c1C(=O)O)CC(CNC(=O)c1ccc(-c3ccccc3)cc1)NC2. The molecule has 0 saturated carbocycles. The van der Waals surface area contributed by atoms with Gasteiger partial charge < -0.3 is 26.2 Å². The maximum atomic E-state index is 12.6. The van der Waals surface area contributed by atoms with E-state index < -0.39 is 17.8 Å². The second-order valence-electron chi connectivity index (χ2n) is 7.71. The third-order valence-electron chi connectivity index (χ3n) is 5.49. The van der Waals surface area contributed by atoms with Crippen LogP contribution in [-0.2, 0) is 22.6 Å². The number of benzene rings is 2. The fourth-order valence-electron chi connectivity index (χ4n) is 3.80. The average Bonchev–Trinajstić information content (AvgIpc) is 3.20. The summed E-state index contributed by atoms with van der Waals surface area (Å²) in [7, 11) is 0. The van der Waals surface area contributed by atoms with E-state index in [9.17, 15) is 24.3 Å². The number of thiophene rings is 1. The number of carboxylic acid groups (broad SMARTS) is 2. The zero-order valence-corrected chi connectivity index (χ0v) is 18.6. The summed E-state index contributed by atoms with van der Waals surface area (Å²) in [5, 5.41) is 26.7. The Hall–Kier alpha value is -4.02. The summed E-state index contributed by atoms with van der Waals surface area (Å²) in [4.78, 5) is 47.5. The molecule has 9 nitrogen and oxygen atoms in total. The standard InChI is InChI=1S/C24H21N3O6S/c28-20(15-8-6-14(7-9-15)13-4-2-1-3-5-13)26-11-16-10-17-18(12-25-16)34-22(19(17)23(30)31)27-21(29)24(32)33/h1-9,16,25H,10-12H2,(H,26,28)(H,27,29)(H,30,31)(H,32,33). The molecule has 5 N–H and O–H groups in total. The molecule has 0 fully saturated rings. The van der Waals surface area contributed by atoms with Crippen molar-refractivity contribution in [1.82, 2.24) is 10.6 Å². The molecule has 3 aromatic rings. The highest BCUT2D eigenvalue weighted by Crippen LogP contribution is 2.36. The Kier molecular flexibility index (Phi) is 6.71. The lowest BCUT2D eigenvalue weighted by Crippen LogP contribution is -2.44. The molecule has 0 spiro atoms. The monoisotopic (exact) mass is 479 g/mol. The predicted molar refractivity (Wildman–Crippen MR) is 126 cm³/mol. The molecule has 174 valence electrons. The van der Waals surface area contributed by atoms with Crippen LogP contribution in [0.15, 0.2) is 54.6 Å². The molecule has 2 amide bonds. The molecule has 34 heavy (non-hydrogen) atoms. The lowest BCUT2D eigenvalue weighted by Gasteiger charge is -2.24. The first-order valence-electron chi connectivity index (χ1n) is 10.4. The van der Waals surface area contributed by atoms with Gasteiger partial charge in [0.1, 0.15) is 5.00 Å². The van der Waals surface area contributed by atoms with E-state index in [1.165, 1.54) is 0 Å². The topological polar surface area (TPSA) is 145 Å². The molecule has 0 saturated heterocycles. The highest BCUT2D eigenvalue weighted by molar-refractivity contribution is 7.17. The molecule has 10 heteroatoms. The number of carbonyl (C=O) groups is 4. The van der Waals surface area contributed by atoms with Crippen molar-refractivity contribution in [3.05, 3.63) is 76.2 Å². The highest BCUT2D eigenvalue weighted by Gasteiger charge is 2.30. The van der Waals surface area contributed by atoms with E-state index in [1.54, 1.807) is 12.1 Å². The number of nitrogens with one attached hydrogen (secondary N) is 3. The Morgan fingerprint density at radius 2 is 1.65 bits per heavy atom. The number of aliphatic carboxylic acids is 1. The minimum atomic E-state index is -1.70. The summed E-state index contributed by atoms with van der Waals surface area (Å²) in [6.45, 7) is 0.611. The van der Waals surface area contributed by atoms with Crippen molar-refractivity contribution in [2.45, 2.75) is 19.0 Å². The molecule has 2 aromatic carbocycles. The first kappa shape index (κ1) is 23.1. The zero-order valence-electron chi connectivity index (χ0n) is 17.8. The number of aromatic carboxylic acids is 1. The molecular formula is C24H21N3O6S. The van der Waals surface area contributed by atoms with Crippen molar-refractivity contribution >= 4 is 40.1 Å². The quantitative estimate of drug-likeness (QED) is 0.342. The Balaban J connectivity index is 1.41. The largest absolute Gasteiger partial charge is 0.478 e. The van der Waals surface area contributed by atoms with E-state index in [0.717, 1.165) is 22.5 Å². The highest BCUT2D eigenvalue weighted by atomic mass is 32.1. The van der Waals surface area contributed by atoms with E-state index in [1.807, 2.05) is 42.5 Å². The normalized spacial score (nSPS) is 14.6. The van der Waals surface area contributed by atoms with Crippen molar-refractivity contribution < 1.29 is 29.4 Å². The summed E-state index contributed by atoms with van der Waals surface area (Å²) in [6.07, 6.45) is 0.309. The van der Waals surface area contributed by atoms with Crippen LogP contribution in [0.5, 0.6) is 0 Å². The van der Waals surface area contributed by atoms with Gasteiger partial charge in [0, 0.05) is 29.6 Å². The molecule has 1 atom stereocenters. The number of rotatable bonds is 6. The molecular weight excluding hydrogens is 458 g/mol. The number of fused-ring (bicyclic) bond motifs is 1. The van der Waals surface area contributed by atoms with Crippen LogP contribution in [-0.4, -0.2) is 46.6 Å². The van der Waals surface area contributed by atoms with Crippen LogP contribution < -0.4 is 16.0 Å². The van der Waals surface area contributed by atoms with Crippen LogP contribution in [0.2, 0.25) is 0 Å². The van der Waals surface area contributed by atoms with E-state index in [4.69, 9.17) is 5.11 Å². The van der Waals surface area contributed by atoms with Gasteiger partial charge in [-0.05, 0) is 35.2 Å². The summed E-state index contributed by atoms with van der Waals surface area (Å²) >= 11 is 1.03. The van der Waals surface area contributed by atoms with Crippen LogP contribution in [0, 0.1) is 0 Å². The number of hydrogen-bond acceptors (Lipinski definition) is 6. The van der Waals surface area contributed by atoms with Crippen molar-refractivity contribution in [2.24, 2.45) is 0 Å². The van der Waals surface area contributed by atoms with Crippen LogP contribution in [0.1, 0.15) is 31.2 Å². The summed E-state index contributed by atoms with van der Waals surface area (Å²) in [5.41, 5.74) is 2.99. The van der Waals surface area contributed by atoms with Gasteiger partial charge in [0.05, 0.1) is 5.56 Å². The Bertz CT molecular complexity index is 1250. The van der Waals surface area contributed by atoms with Gasteiger partial charge in [-0.3, -0.25) is 9.59 Å². The molecule has 2 heterocycles. The second kappa shape index (κ2) is 9.86. The van der Waals surface area contributed by atoms with Crippen molar-refractivity contribution in [3.8, 4) is 11.1 Å². The minimum absolute atomic E-state index is 0.00473. The third-order valence-corrected chi connectivity index (χ3v) is 6.64. The number of carbonyl (C=O) groups excluding carboxylic acids is 2. The van der Waals surface area contributed by atoms with Gasteiger partial charge in [-0.2, -0.15) is 0 Å². The summed E-state index contributed by atoms with van der Waals surface area (Å²) in [6, 6.07) is 16.9. The van der Waals surface area contributed by atoms with Crippen molar-refractivity contribution in [2.75, 3.05) is 11.9 Å². The minimum Gasteiger partial charge on any atom is -0.478 e. The first-order chi connectivity index (χ1) is 16.3. The fourth-order valence-corrected chi connectivity index (χ4v) is 4.97. The first-order valence-corrected chi connectivity index (χ1v) is 11.2. The van der Waals surface area contributed by atoms with Crippen molar-refractivity contribution in [3.63, 3.8) is 0 Å². The number of anilines is 1. The zero-order chi connectivity index (χ0) is 24.2. The maximum Gasteiger partial charge on any atom is 0.394 e. The lowest BCUT2D eigenvalue weighted by atomic mass is 9.97. The average molecular weight is 480 g/mol. The molecule has 1 aliphatic heterocycles. The van der Waals surface area contributed by atoms with Gasteiger partial charge in [-0.1, -0.05) is 42.5 Å². The van der Waals surface area contributed by atoms with Gasteiger partial charge in [-0.25, -0.2) is 9.59 Å². The lowest BCUT2D eigenvalue weighted by molar-refractivity contribution is -0.147. The van der Waals surface area contributed by atoms with E-state index >= 15 is 0 Å². The molecule has 1 unspecified atom stereocenters. The Morgan fingerprint density at radius 3 is 2.29 bits per heavy atom. The second-order valence-corrected chi connectivity index (χ2v) is 8.81. The predicted octanol–water partition coefficient (Wildman–Crippen LogP) is 2.58. The van der Waals surface area contributed by atoms with Gasteiger partial charge in [0.15, 0.2) is 0 Å². The van der Waals surface area contributed by atoms with Crippen LogP contribution in [0.3, 0.4) is 0 Å². The molecule has 1 aliphatic rings. The van der Waals surface area contributed by atoms with Crippen LogP contribution in [0.4, 0.5) is 5.00 Å². The third kappa shape index (κ3) is 4.98. The van der Waals surface area contributed by atoms with E-state index in [2.05, 4.69) is 16.0 Å². The van der Waals surface area contributed by atoms with Gasteiger partial charge >= 0.3 is 17.8 Å². The maximum absolute atomic E-state index is 12.6. The number of amides is 2. The summed E-state index contributed by atoms with van der Waals surface area (Å²) in [5.74, 6) is -4.49. The molecule has 1 aromatic heterocycles. The number of carboxylic acids is 2. The van der Waals surface area contributed by atoms with Crippen LogP contribution >= 0.6 is 11.3 Å².